The lowest BCUT2D eigenvalue weighted by Crippen LogP contribution is -2.42. The highest BCUT2D eigenvalue weighted by Gasteiger charge is 2.32. The first-order valence-corrected chi connectivity index (χ1v) is 8.14. The van der Waals surface area contributed by atoms with Gasteiger partial charge in [-0.3, -0.25) is 9.59 Å². The molecule has 1 aromatic rings. The minimum atomic E-state index is 0.0834. The molecule has 0 spiro atoms. The van der Waals surface area contributed by atoms with Crippen LogP contribution in [0, 0.1) is 11.8 Å². The molecule has 1 saturated heterocycles. The number of carbonyl (C=O) groups excluding carboxylic acids is 2. The van der Waals surface area contributed by atoms with Crippen LogP contribution in [0.4, 0.5) is 0 Å². The molecule has 0 radical (unpaired) electrons. The van der Waals surface area contributed by atoms with Crippen LogP contribution in [0.25, 0.3) is 0 Å². The normalized spacial score (nSPS) is 20.7. The van der Waals surface area contributed by atoms with Gasteiger partial charge >= 0.3 is 0 Å². The van der Waals surface area contributed by atoms with E-state index < -0.39 is 0 Å². The quantitative estimate of drug-likeness (QED) is 0.799. The number of benzene rings is 1. The molecule has 1 aliphatic carbocycles. The van der Waals surface area contributed by atoms with Crippen LogP contribution in [0.3, 0.4) is 0 Å². The van der Waals surface area contributed by atoms with E-state index in [9.17, 15) is 9.59 Å². The Balaban J connectivity index is 1.55. The van der Waals surface area contributed by atoms with Crippen molar-refractivity contribution >= 4 is 11.7 Å². The summed E-state index contributed by atoms with van der Waals surface area (Å²) in [5, 5.41) is 0. The zero-order chi connectivity index (χ0) is 14.7. The number of hydrogen-bond donors (Lipinski definition) is 0. The average Bonchev–Trinajstić information content (AvgIpc) is 3.09. The van der Waals surface area contributed by atoms with Crippen LogP contribution in [0.15, 0.2) is 30.3 Å². The standard InChI is InChI=1S/C18H23NO2/c20-17(14-6-2-1-3-7-14)15-10-12-19(13-11-15)18(21)16-8-4-5-9-16/h1-3,6-7,15-16H,4-5,8-13H2. The monoisotopic (exact) mass is 285 g/mol. The predicted molar refractivity (Wildman–Crippen MR) is 82.0 cm³/mol. The lowest BCUT2D eigenvalue weighted by molar-refractivity contribution is -0.136. The number of rotatable bonds is 3. The summed E-state index contributed by atoms with van der Waals surface area (Å²) in [4.78, 5) is 26.8. The highest BCUT2D eigenvalue weighted by Crippen LogP contribution is 2.29. The van der Waals surface area contributed by atoms with Gasteiger partial charge < -0.3 is 4.90 Å². The number of Topliss-reactive ketones (excluding diaryl/α,β-unsaturated/α-hetero) is 1. The number of piperidine rings is 1. The molecule has 0 bridgehead atoms. The van der Waals surface area contributed by atoms with Gasteiger partial charge in [0, 0.05) is 30.5 Å². The van der Waals surface area contributed by atoms with E-state index >= 15 is 0 Å². The molecule has 0 aromatic heterocycles. The molecule has 1 aromatic carbocycles. The predicted octanol–water partition coefficient (Wildman–Crippen LogP) is 3.30. The summed E-state index contributed by atoms with van der Waals surface area (Å²) < 4.78 is 0. The van der Waals surface area contributed by atoms with E-state index in [4.69, 9.17) is 0 Å². The maximum absolute atomic E-state index is 12.4. The molecule has 3 heteroatoms. The summed E-state index contributed by atoms with van der Waals surface area (Å²) in [6, 6.07) is 9.52. The van der Waals surface area contributed by atoms with Crippen LogP contribution in [-0.4, -0.2) is 29.7 Å². The van der Waals surface area contributed by atoms with Gasteiger partial charge in [-0.25, -0.2) is 0 Å². The van der Waals surface area contributed by atoms with Gasteiger partial charge in [0.05, 0.1) is 0 Å². The number of nitrogens with zero attached hydrogens (tertiary/aromatic N) is 1. The molecule has 112 valence electrons. The van der Waals surface area contributed by atoms with Crippen LogP contribution in [0.5, 0.6) is 0 Å². The molecule has 1 amide bonds. The minimum absolute atomic E-state index is 0.0834. The summed E-state index contributed by atoms with van der Waals surface area (Å²) in [7, 11) is 0. The lowest BCUT2D eigenvalue weighted by Gasteiger charge is -2.33. The van der Waals surface area contributed by atoms with Gasteiger partial charge in [-0.1, -0.05) is 43.2 Å². The molecule has 3 rings (SSSR count). The molecule has 2 aliphatic rings. The van der Waals surface area contributed by atoms with E-state index in [0.29, 0.717) is 5.91 Å². The van der Waals surface area contributed by atoms with Crippen molar-refractivity contribution in [2.45, 2.75) is 38.5 Å². The molecule has 0 unspecified atom stereocenters. The van der Waals surface area contributed by atoms with Crippen LogP contribution in [-0.2, 0) is 4.79 Å². The third-order valence-electron chi connectivity index (χ3n) is 4.94. The maximum atomic E-state index is 12.4. The third kappa shape index (κ3) is 3.17. The molecule has 1 saturated carbocycles. The highest BCUT2D eigenvalue weighted by atomic mass is 16.2. The van der Waals surface area contributed by atoms with E-state index in [2.05, 4.69) is 0 Å². The molecule has 21 heavy (non-hydrogen) atoms. The summed E-state index contributed by atoms with van der Waals surface area (Å²) in [5.74, 6) is 0.910. The van der Waals surface area contributed by atoms with Crippen molar-refractivity contribution in [1.29, 1.82) is 0 Å². The Kier molecular flexibility index (Phi) is 4.37. The van der Waals surface area contributed by atoms with Gasteiger partial charge in [0.15, 0.2) is 5.78 Å². The first kappa shape index (κ1) is 14.3. The number of amides is 1. The Morgan fingerprint density at radius 2 is 1.48 bits per heavy atom. The summed E-state index contributed by atoms with van der Waals surface area (Å²) in [5.41, 5.74) is 0.804. The Bertz CT molecular complexity index is 497. The fourth-order valence-electron chi connectivity index (χ4n) is 3.63. The second-order valence-corrected chi connectivity index (χ2v) is 6.31. The largest absolute Gasteiger partial charge is 0.342 e. The summed E-state index contributed by atoms with van der Waals surface area (Å²) in [6.45, 7) is 1.50. The van der Waals surface area contributed by atoms with Crippen molar-refractivity contribution in [3.8, 4) is 0 Å². The number of likely N-dealkylation sites (tertiary alicyclic amines) is 1. The number of carbonyl (C=O) groups is 2. The van der Waals surface area contributed by atoms with Gasteiger partial charge in [-0.15, -0.1) is 0 Å². The molecule has 0 N–H and O–H groups in total. The SMILES string of the molecule is O=C(c1ccccc1)C1CCN(C(=O)C2CCCC2)CC1. The van der Waals surface area contributed by atoms with Crippen molar-refractivity contribution < 1.29 is 9.59 Å². The first-order chi connectivity index (χ1) is 10.3. The molecular weight excluding hydrogens is 262 g/mol. The van der Waals surface area contributed by atoms with Crippen molar-refractivity contribution in [2.75, 3.05) is 13.1 Å². The van der Waals surface area contributed by atoms with Crippen LogP contribution < -0.4 is 0 Å². The Labute approximate surface area is 126 Å². The molecular formula is C18H23NO2. The van der Waals surface area contributed by atoms with Crippen LogP contribution in [0.2, 0.25) is 0 Å². The summed E-state index contributed by atoms with van der Waals surface area (Å²) in [6.07, 6.45) is 6.13. The van der Waals surface area contributed by atoms with Gasteiger partial charge in [0.2, 0.25) is 5.91 Å². The first-order valence-electron chi connectivity index (χ1n) is 8.14. The maximum Gasteiger partial charge on any atom is 0.225 e. The molecule has 1 heterocycles. The fraction of sp³-hybridized carbons (Fsp3) is 0.556. The zero-order valence-corrected chi connectivity index (χ0v) is 12.5. The van der Waals surface area contributed by atoms with E-state index in [1.54, 1.807) is 0 Å². The van der Waals surface area contributed by atoms with E-state index in [-0.39, 0.29) is 17.6 Å². The van der Waals surface area contributed by atoms with Crippen LogP contribution in [0.1, 0.15) is 48.9 Å². The summed E-state index contributed by atoms with van der Waals surface area (Å²) >= 11 is 0. The lowest BCUT2D eigenvalue weighted by atomic mass is 9.88. The topological polar surface area (TPSA) is 37.4 Å². The number of hydrogen-bond acceptors (Lipinski definition) is 2. The smallest absolute Gasteiger partial charge is 0.225 e. The average molecular weight is 285 g/mol. The highest BCUT2D eigenvalue weighted by molar-refractivity contribution is 5.98. The van der Waals surface area contributed by atoms with E-state index in [1.807, 2.05) is 35.2 Å². The third-order valence-corrected chi connectivity index (χ3v) is 4.94. The van der Waals surface area contributed by atoms with Crippen molar-refractivity contribution in [3.63, 3.8) is 0 Å². The van der Waals surface area contributed by atoms with Gasteiger partial charge in [-0.2, -0.15) is 0 Å². The number of ketones is 1. The fourth-order valence-corrected chi connectivity index (χ4v) is 3.63. The molecule has 3 nitrogen and oxygen atoms in total. The Morgan fingerprint density at radius 3 is 2.10 bits per heavy atom. The zero-order valence-electron chi connectivity index (χ0n) is 12.5. The van der Waals surface area contributed by atoms with Crippen molar-refractivity contribution in [1.82, 2.24) is 4.90 Å². The molecule has 2 fully saturated rings. The second kappa shape index (κ2) is 6.42. The van der Waals surface area contributed by atoms with Gasteiger partial charge in [0.25, 0.3) is 0 Å². The van der Waals surface area contributed by atoms with E-state index in [1.165, 1.54) is 12.8 Å². The van der Waals surface area contributed by atoms with Crippen LogP contribution >= 0.6 is 0 Å². The Morgan fingerprint density at radius 1 is 0.857 bits per heavy atom. The Hall–Kier alpha value is -1.64. The minimum Gasteiger partial charge on any atom is -0.342 e. The van der Waals surface area contributed by atoms with E-state index in [0.717, 1.165) is 44.3 Å². The van der Waals surface area contributed by atoms with Gasteiger partial charge in [0.1, 0.15) is 0 Å². The second-order valence-electron chi connectivity index (χ2n) is 6.31. The molecule has 0 atom stereocenters. The van der Waals surface area contributed by atoms with Crippen molar-refractivity contribution in [2.24, 2.45) is 11.8 Å². The van der Waals surface area contributed by atoms with Gasteiger partial charge in [-0.05, 0) is 25.7 Å². The van der Waals surface area contributed by atoms with Crippen molar-refractivity contribution in [3.05, 3.63) is 35.9 Å². The molecule has 1 aliphatic heterocycles.